The number of esters is 1. The number of oxime groups is 1. The van der Waals surface area contributed by atoms with Crippen LogP contribution in [0.2, 0.25) is 0 Å². The molecule has 0 unspecified atom stereocenters. The lowest BCUT2D eigenvalue weighted by Crippen LogP contribution is -2.44. The molecule has 0 aliphatic carbocycles. The number of carbonyl (C=O) groups excluding carboxylic acids is 1. The first-order valence-electron chi connectivity index (χ1n) is 9.59. The molecule has 0 radical (unpaired) electrons. The molecule has 0 atom stereocenters. The first-order valence-corrected chi connectivity index (χ1v) is 9.59. The Bertz CT molecular complexity index is 713. The lowest BCUT2D eigenvalue weighted by atomic mass is 9.85. The van der Waals surface area contributed by atoms with Crippen molar-refractivity contribution in [2.45, 2.75) is 44.6 Å². The second-order valence-electron chi connectivity index (χ2n) is 7.23. The summed E-state index contributed by atoms with van der Waals surface area (Å²) < 4.78 is 4.97. The average molecular weight is 409 g/mol. The van der Waals surface area contributed by atoms with E-state index in [1.54, 1.807) is 0 Å². The van der Waals surface area contributed by atoms with E-state index >= 15 is 0 Å². The van der Waals surface area contributed by atoms with Gasteiger partial charge in [0, 0.05) is 44.3 Å². The summed E-state index contributed by atoms with van der Waals surface area (Å²) in [6.45, 7) is 5.10. The third kappa shape index (κ3) is 5.45. The normalized spacial score (nSPS) is 18.1. The number of amidine groups is 1. The lowest BCUT2D eigenvalue weighted by molar-refractivity contribution is -0.143. The number of nitrogens with two attached hydrogens (primary N) is 1. The van der Waals surface area contributed by atoms with Crippen molar-refractivity contribution in [3.63, 3.8) is 0 Å². The molecular formula is C20H29ClN4O3. The Kier molecular flexibility index (Phi) is 7.83. The minimum absolute atomic E-state index is 0. The zero-order valence-electron chi connectivity index (χ0n) is 16.3. The zero-order valence-corrected chi connectivity index (χ0v) is 17.1. The van der Waals surface area contributed by atoms with Gasteiger partial charge in [-0.15, -0.1) is 12.4 Å². The van der Waals surface area contributed by atoms with Crippen molar-refractivity contribution in [2.75, 3.05) is 26.2 Å². The van der Waals surface area contributed by atoms with Gasteiger partial charge in [-0.25, -0.2) is 0 Å². The quantitative estimate of drug-likeness (QED) is 0.410. The van der Waals surface area contributed by atoms with Gasteiger partial charge in [0.25, 0.3) is 0 Å². The number of rotatable bonds is 7. The molecule has 3 rings (SSSR count). The molecule has 0 aromatic heterocycles. The average Bonchev–Trinajstić information content (AvgIpc) is 3.08. The van der Waals surface area contributed by atoms with E-state index in [4.69, 9.17) is 20.7 Å². The standard InChI is InChI=1S/C20H28N4O3.ClH/c1-2-26-18(25)4-3-11-24-12-9-20(10-13-24)14-17(23-27-20)15-5-7-16(8-6-15)19(21)22;/h5-8H,2-4,9-14H2,1H3,(H3,21,22);1H. The molecule has 0 bridgehead atoms. The number of nitrogens with one attached hydrogen (secondary N) is 1. The van der Waals surface area contributed by atoms with Crippen LogP contribution in [0.25, 0.3) is 0 Å². The number of piperidine rings is 1. The number of nitrogens with zero attached hydrogens (tertiary/aromatic N) is 2. The Balaban J connectivity index is 0.00000280. The van der Waals surface area contributed by atoms with Crippen LogP contribution in [0.1, 0.15) is 50.2 Å². The van der Waals surface area contributed by atoms with Gasteiger partial charge in [0.2, 0.25) is 0 Å². The molecule has 2 aliphatic rings. The minimum atomic E-state index is -0.202. The Morgan fingerprint density at radius 2 is 2.00 bits per heavy atom. The fraction of sp³-hybridized carbons (Fsp3) is 0.550. The maximum atomic E-state index is 11.4. The topological polar surface area (TPSA) is 101 Å². The molecular weight excluding hydrogens is 380 g/mol. The van der Waals surface area contributed by atoms with E-state index in [1.165, 1.54) is 0 Å². The number of carbonyl (C=O) groups is 1. The maximum absolute atomic E-state index is 11.4. The molecule has 8 heteroatoms. The van der Waals surface area contributed by atoms with Crippen LogP contribution in [0.4, 0.5) is 0 Å². The maximum Gasteiger partial charge on any atom is 0.305 e. The third-order valence-corrected chi connectivity index (χ3v) is 5.30. The van der Waals surface area contributed by atoms with Gasteiger partial charge >= 0.3 is 5.97 Å². The molecule has 7 nitrogen and oxygen atoms in total. The Morgan fingerprint density at radius 1 is 1.32 bits per heavy atom. The second kappa shape index (κ2) is 9.89. The van der Waals surface area contributed by atoms with E-state index in [1.807, 2.05) is 31.2 Å². The highest BCUT2D eigenvalue weighted by molar-refractivity contribution is 6.03. The number of nitrogen functional groups attached to an aromatic ring is 1. The van der Waals surface area contributed by atoms with E-state index in [9.17, 15) is 4.79 Å². The van der Waals surface area contributed by atoms with Gasteiger partial charge < -0.3 is 20.2 Å². The molecule has 0 amide bonds. The summed E-state index contributed by atoms with van der Waals surface area (Å²) in [4.78, 5) is 19.7. The van der Waals surface area contributed by atoms with Gasteiger partial charge in [-0.3, -0.25) is 10.2 Å². The molecule has 1 aromatic carbocycles. The van der Waals surface area contributed by atoms with Crippen LogP contribution in [-0.2, 0) is 14.4 Å². The van der Waals surface area contributed by atoms with Crippen LogP contribution in [-0.4, -0.2) is 54.3 Å². The smallest absolute Gasteiger partial charge is 0.305 e. The minimum Gasteiger partial charge on any atom is -0.466 e. The molecule has 2 heterocycles. The summed E-state index contributed by atoms with van der Waals surface area (Å²) in [6.07, 6.45) is 3.99. The first kappa shape index (κ1) is 22.2. The third-order valence-electron chi connectivity index (χ3n) is 5.30. The highest BCUT2D eigenvalue weighted by Crippen LogP contribution is 2.36. The first-order chi connectivity index (χ1) is 13.0. The number of likely N-dealkylation sites (tertiary alicyclic amines) is 1. The molecule has 1 saturated heterocycles. The molecule has 28 heavy (non-hydrogen) atoms. The van der Waals surface area contributed by atoms with Crippen LogP contribution in [0.5, 0.6) is 0 Å². The predicted molar refractivity (Wildman–Crippen MR) is 111 cm³/mol. The van der Waals surface area contributed by atoms with Crippen LogP contribution in [0.3, 0.4) is 0 Å². The molecule has 0 saturated carbocycles. The summed E-state index contributed by atoms with van der Waals surface area (Å²) in [6, 6.07) is 7.58. The SMILES string of the molecule is CCOC(=O)CCCN1CCC2(CC1)CC(c1ccc(C(=N)N)cc1)=NO2.Cl. The summed E-state index contributed by atoms with van der Waals surface area (Å²) in [5.74, 6) is -0.0445. The van der Waals surface area contributed by atoms with E-state index < -0.39 is 0 Å². The number of hydrogen-bond donors (Lipinski definition) is 2. The van der Waals surface area contributed by atoms with E-state index in [2.05, 4.69) is 10.1 Å². The lowest BCUT2D eigenvalue weighted by Gasteiger charge is -2.37. The van der Waals surface area contributed by atoms with Gasteiger partial charge in [0.15, 0.2) is 0 Å². The van der Waals surface area contributed by atoms with E-state index in [0.29, 0.717) is 18.6 Å². The number of hydrogen-bond acceptors (Lipinski definition) is 6. The zero-order chi connectivity index (χ0) is 19.3. The van der Waals surface area contributed by atoms with Crippen molar-refractivity contribution in [2.24, 2.45) is 10.9 Å². The molecule has 2 aliphatic heterocycles. The van der Waals surface area contributed by atoms with Gasteiger partial charge in [-0.2, -0.15) is 0 Å². The van der Waals surface area contributed by atoms with Crippen molar-refractivity contribution in [1.82, 2.24) is 4.90 Å². The van der Waals surface area contributed by atoms with E-state index in [0.717, 1.165) is 56.6 Å². The fourth-order valence-corrected chi connectivity index (χ4v) is 3.65. The van der Waals surface area contributed by atoms with Crippen molar-refractivity contribution in [3.8, 4) is 0 Å². The number of ether oxygens (including phenoxy) is 1. The van der Waals surface area contributed by atoms with Gasteiger partial charge in [0.05, 0.1) is 12.3 Å². The largest absolute Gasteiger partial charge is 0.466 e. The molecule has 3 N–H and O–H groups in total. The van der Waals surface area contributed by atoms with Crippen LogP contribution < -0.4 is 5.73 Å². The van der Waals surface area contributed by atoms with Crippen LogP contribution in [0, 0.1) is 5.41 Å². The van der Waals surface area contributed by atoms with Crippen molar-refractivity contribution in [1.29, 1.82) is 5.41 Å². The van der Waals surface area contributed by atoms with Crippen LogP contribution in [0.15, 0.2) is 29.4 Å². The van der Waals surface area contributed by atoms with E-state index in [-0.39, 0.29) is 29.8 Å². The highest BCUT2D eigenvalue weighted by atomic mass is 35.5. The summed E-state index contributed by atoms with van der Waals surface area (Å²) in [5, 5.41) is 11.8. The monoisotopic (exact) mass is 408 g/mol. The summed E-state index contributed by atoms with van der Waals surface area (Å²) >= 11 is 0. The summed E-state index contributed by atoms with van der Waals surface area (Å²) in [5.41, 5.74) is 8.00. The summed E-state index contributed by atoms with van der Waals surface area (Å²) in [7, 11) is 0. The van der Waals surface area contributed by atoms with Gasteiger partial charge in [-0.05, 0) is 25.5 Å². The molecule has 1 spiro atoms. The fourth-order valence-electron chi connectivity index (χ4n) is 3.65. The number of halogens is 1. The van der Waals surface area contributed by atoms with Crippen LogP contribution >= 0.6 is 12.4 Å². The Morgan fingerprint density at radius 3 is 2.61 bits per heavy atom. The van der Waals surface area contributed by atoms with Crippen molar-refractivity contribution >= 4 is 29.9 Å². The predicted octanol–water partition coefficient (Wildman–Crippen LogP) is 2.69. The van der Waals surface area contributed by atoms with Gasteiger partial charge in [-0.1, -0.05) is 29.4 Å². The Labute approximate surface area is 172 Å². The highest BCUT2D eigenvalue weighted by Gasteiger charge is 2.42. The van der Waals surface area contributed by atoms with Crippen molar-refractivity contribution < 1.29 is 14.4 Å². The molecule has 1 aromatic rings. The number of benzene rings is 1. The van der Waals surface area contributed by atoms with Crippen molar-refractivity contribution in [3.05, 3.63) is 35.4 Å². The second-order valence-corrected chi connectivity index (χ2v) is 7.23. The Hall–Kier alpha value is -2.12. The molecule has 154 valence electrons. The molecule has 1 fully saturated rings. The van der Waals surface area contributed by atoms with Gasteiger partial charge in [0.1, 0.15) is 11.4 Å².